The average molecular weight is 282 g/mol. The lowest BCUT2D eigenvalue weighted by atomic mass is 9.94. The molecule has 0 spiro atoms. The van der Waals surface area contributed by atoms with Crippen LogP contribution >= 0.6 is 0 Å². The lowest BCUT2D eigenvalue weighted by Crippen LogP contribution is -2.50. The monoisotopic (exact) mass is 282 g/mol. The Hall–Kier alpha value is -1.56. The Morgan fingerprint density at radius 3 is 2.45 bits per heavy atom. The minimum absolute atomic E-state index is 0.0170. The fraction of sp³-hybridized carbons (Fsp3) is 0.714. The first-order valence-corrected chi connectivity index (χ1v) is 7.01. The number of nitrogens with one attached hydrogen (secondary N) is 1. The highest BCUT2D eigenvalue weighted by Crippen LogP contribution is 2.21. The van der Waals surface area contributed by atoms with Gasteiger partial charge in [0.15, 0.2) is 12.4 Å². The number of hydrogen-bond donors (Lipinski definition) is 2. The first kappa shape index (κ1) is 16.5. The minimum Gasteiger partial charge on any atom is -0.480 e. The summed E-state index contributed by atoms with van der Waals surface area (Å²) < 4.78 is 7.28. The second kappa shape index (κ2) is 6.74. The summed E-state index contributed by atoms with van der Waals surface area (Å²) in [5, 5.41) is 7.07. The molecule has 0 saturated heterocycles. The van der Waals surface area contributed by atoms with E-state index in [1.165, 1.54) is 0 Å². The summed E-state index contributed by atoms with van der Waals surface area (Å²) in [6, 6.07) is 0. The largest absolute Gasteiger partial charge is 0.480 e. The first-order valence-electron chi connectivity index (χ1n) is 7.01. The normalized spacial score (nSPS) is 11.5. The van der Waals surface area contributed by atoms with E-state index < -0.39 is 0 Å². The van der Waals surface area contributed by atoms with E-state index in [9.17, 15) is 4.79 Å². The van der Waals surface area contributed by atoms with Gasteiger partial charge >= 0.3 is 0 Å². The van der Waals surface area contributed by atoms with Crippen molar-refractivity contribution in [3.05, 3.63) is 11.4 Å². The third-order valence-corrected chi connectivity index (χ3v) is 3.84. The highest BCUT2D eigenvalue weighted by Gasteiger charge is 2.21. The molecular formula is C14H26N4O2. The number of hydrogen-bond acceptors (Lipinski definition) is 4. The molecule has 114 valence electrons. The van der Waals surface area contributed by atoms with Gasteiger partial charge in [-0.15, -0.1) is 0 Å². The number of ether oxygens (including phenoxy) is 1. The van der Waals surface area contributed by atoms with E-state index in [0.717, 1.165) is 24.2 Å². The van der Waals surface area contributed by atoms with Gasteiger partial charge in [-0.1, -0.05) is 13.8 Å². The maximum atomic E-state index is 11.8. The van der Waals surface area contributed by atoms with Gasteiger partial charge in [0, 0.05) is 19.1 Å². The van der Waals surface area contributed by atoms with Crippen LogP contribution in [0, 0.1) is 13.8 Å². The number of aromatic nitrogens is 2. The van der Waals surface area contributed by atoms with Crippen LogP contribution in [0.5, 0.6) is 5.75 Å². The highest BCUT2D eigenvalue weighted by molar-refractivity contribution is 5.77. The van der Waals surface area contributed by atoms with Crippen LogP contribution in [0.15, 0.2) is 0 Å². The van der Waals surface area contributed by atoms with Crippen molar-refractivity contribution in [2.45, 2.75) is 46.1 Å². The van der Waals surface area contributed by atoms with Crippen LogP contribution < -0.4 is 15.8 Å². The molecule has 0 atom stereocenters. The zero-order valence-corrected chi connectivity index (χ0v) is 13.1. The number of carbonyl (C=O) groups is 1. The molecule has 1 heterocycles. The zero-order chi connectivity index (χ0) is 15.3. The number of aryl methyl sites for hydroxylation is 2. The van der Waals surface area contributed by atoms with Crippen LogP contribution in [0.2, 0.25) is 0 Å². The van der Waals surface area contributed by atoms with Crippen molar-refractivity contribution in [3.63, 3.8) is 0 Å². The zero-order valence-electron chi connectivity index (χ0n) is 13.1. The Bertz CT molecular complexity index is 464. The number of amides is 1. The minimum atomic E-state index is -0.338. The van der Waals surface area contributed by atoms with Crippen LogP contribution in [0.1, 0.15) is 38.1 Å². The fourth-order valence-corrected chi connectivity index (χ4v) is 1.93. The van der Waals surface area contributed by atoms with Crippen LogP contribution in [-0.4, -0.2) is 34.4 Å². The molecule has 1 aromatic rings. The molecule has 3 N–H and O–H groups in total. The number of carbonyl (C=O) groups excluding carboxylic acids is 1. The van der Waals surface area contributed by atoms with Crippen molar-refractivity contribution in [2.24, 2.45) is 12.8 Å². The van der Waals surface area contributed by atoms with Crippen molar-refractivity contribution in [2.75, 3.05) is 13.2 Å². The molecule has 1 rings (SSSR count). The predicted molar refractivity (Wildman–Crippen MR) is 78.7 cm³/mol. The molecule has 0 unspecified atom stereocenters. The average Bonchev–Trinajstić information content (AvgIpc) is 2.67. The Morgan fingerprint density at radius 1 is 1.40 bits per heavy atom. The van der Waals surface area contributed by atoms with Gasteiger partial charge in [0.1, 0.15) is 5.69 Å². The van der Waals surface area contributed by atoms with Gasteiger partial charge in [-0.25, -0.2) is 0 Å². The van der Waals surface area contributed by atoms with Gasteiger partial charge in [-0.2, -0.15) is 5.10 Å². The maximum absolute atomic E-state index is 11.8. The third-order valence-electron chi connectivity index (χ3n) is 3.84. The van der Waals surface area contributed by atoms with Crippen molar-refractivity contribution in [1.29, 1.82) is 0 Å². The summed E-state index contributed by atoms with van der Waals surface area (Å²) in [5.41, 5.74) is 7.49. The summed E-state index contributed by atoms with van der Waals surface area (Å²) >= 11 is 0. The summed E-state index contributed by atoms with van der Waals surface area (Å²) in [6.07, 6.45) is 1.65. The van der Waals surface area contributed by atoms with E-state index in [4.69, 9.17) is 10.5 Å². The third kappa shape index (κ3) is 3.96. The molecular weight excluding hydrogens is 256 g/mol. The van der Waals surface area contributed by atoms with Gasteiger partial charge in [0.05, 0.1) is 5.69 Å². The lowest BCUT2D eigenvalue weighted by molar-refractivity contribution is -0.123. The predicted octanol–water partition coefficient (Wildman–Crippen LogP) is 1.05. The molecule has 6 nitrogen and oxygen atoms in total. The van der Waals surface area contributed by atoms with Crippen molar-refractivity contribution in [1.82, 2.24) is 15.1 Å². The molecule has 20 heavy (non-hydrogen) atoms. The van der Waals surface area contributed by atoms with Crippen molar-refractivity contribution >= 4 is 5.91 Å². The Kier molecular flexibility index (Phi) is 5.56. The quantitative estimate of drug-likeness (QED) is 0.783. The molecule has 1 amide bonds. The van der Waals surface area contributed by atoms with E-state index in [-0.39, 0.29) is 18.1 Å². The van der Waals surface area contributed by atoms with E-state index in [2.05, 4.69) is 10.4 Å². The summed E-state index contributed by atoms with van der Waals surface area (Å²) in [4.78, 5) is 11.8. The Labute approximate surface area is 120 Å². The van der Waals surface area contributed by atoms with Crippen LogP contribution in [-0.2, 0) is 11.8 Å². The van der Waals surface area contributed by atoms with E-state index in [1.807, 2.05) is 34.7 Å². The van der Waals surface area contributed by atoms with Gasteiger partial charge in [-0.05, 0) is 26.7 Å². The maximum Gasteiger partial charge on any atom is 0.258 e. The van der Waals surface area contributed by atoms with Crippen LogP contribution in [0.25, 0.3) is 0 Å². The molecule has 0 aliphatic carbocycles. The molecule has 0 aliphatic rings. The van der Waals surface area contributed by atoms with Crippen LogP contribution in [0.4, 0.5) is 0 Å². The second-order valence-electron chi connectivity index (χ2n) is 5.26. The SMILES string of the molecule is CCC(N)(CC)CNC(=O)COc1c(C)nn(C)c1C. The molecule has 0 aromatic carbocycles. The van der Waals surface area contributed by atoms with E-state index in [0.29, 0.717) is 12.3 Å². The second-order valence-corrected chi connectivity index (χ2v) is 5.26. The van der Waals surface area contributed by atoms with Gasteiger partial charge < -0.3 is 15.8 Å². The van der Waals surface area contributed by atoms with E-state index >= 15 is 0 Å². The molecule has 0 bridgehead atoms. The fourth-order valence-electron chi connectivity index (χ4n) is 1.93. The Balaban J connectivity index is 2.48. The molecule has 0 aliphatic heterocycles. The highest BCUT2D eigenvalue weighted by atomic mass is 16.5. The Morgan fingerprint density at radius 2 is 2.00 bits per heavy atom. The first-order chi connectivity index (χ1) is 9.33. The van der Waals surface area contributed by atoms with Gasteiger partial charge in [0.25, 0.3) is 5.91 Å². The summed E-state index contributed by atoms with van der Waals surface area (Å²) in [6.45, 7) is 8.26. The summed E-state index contributed by atoms with van der Waals surface area (Å²) in [7, 11) is 1.85. The van der Waals surface area contributed by atoms with Crippen LogP contribution in [0.3, 0.4) is 0 Å². The topological polar surface area (TPSA) is 82.2 Å². The molecule has 0 radical (unpaired) electrons. The smallest absolute Gasteiger partial charge is 0.258 e. The summed E-state index contributed by atoms with van der Waals surface area (Å²) in [5.74, 6) is 0.511. The molecule has 0 fully saturated rings. The molecule has 6 heteroatoms. The number of nitrogens with two attached hydrogens (primary N) is 1. The van der Waals surface area contributed by atoms with Crippen molar-refractivity contribution < 1.29 is 9.53 Å². The van der Waals surface area contributed by atoms with Gasteiger partial charge in [-0.3, -0.25) is 9.48 Å². The number of nitrogens with zero attached hydrogens (tertiary/aromatic N) is 2. The number of rotatable bonds is 7. The van der Waals surface area contributed by atoms with Gasteiger partial charge in [0.2, 0.25) is 0 Å². The van der Waals surface area contributed by atoms with E-state index in [1.54, 1.807) is 4.68 Å². The molecule has 1 aromatic heterocycles. The van der Waals surface area contributed by atoms with Crippen molar-refractivity contribution in [3.8, 4) is 5.75 Å². The lowest BCUT2D eigenvalue weighted by Gasteiger charge is -2.26. The standard InChI is InChI=1S/C14H26N4O2/c1-6-14(15,7-2)9-16-12(19)8-20-13-10(3)17-18(5)11(13)4/h6-9,15H2,1-5H3,(H,16,19). The molecule has 0 saturated carbocycles.